The van der Waals surface area contributed by atoms with E-state index in [1.807, 2.05) is 0 Å². The molecular weight excluding hydrogens is 716 g/mol. The van der Waals surface area contributed by atoms with Crippen molar-refractivity contribution in [3.05, 3.63) is 52.2 Å². The first-order valence-corrected chi connectivity index (χ1v) is 16.4. The van der Waals surface area contributed by atoms with Gasteiger partial charge in [-0.3, -0.25) is 4.79 Å². The van der Waals surface area contributed by atoms with Crippen LogP contribution in [0.25, 0.3) is 22.3 Å². The maximum Gasteiger partial charge on any atom is 0.229 e. The maximum atomic E-state index is 13.6. The van der Waals surface area contributed by atoms with Crippen LogP contribution in [0, 0.1) is 0 Å². The van der Waals surface area contributed by atoms with E-state index in [0.29, 0.717) is 5.56 Å². The third kappa shape index (κ3) is 7.21. The lowest BCUT2D eigenvalue weighted by Gasteiger charge is -2.46. The second-order valence-corrected chi connectivity index (χ2v) is 12.9. The van der Waals surface area contributed by atoms with Crippen molar-refractivity contribution in [2.75, 3.05) is 19.8 Å². The molecule has 6 unspecified atom stereocenters. The van der Waals surface area contributed by atoms with Crippen LogP contribution in [0.1, 0.15) is 11.7 Å². The zero-order valence-electron chi connectivity index (χ0n) is 27.4. The SMILES string of the molecule is O=c1cc(-c2ccc(O)cc2)oc2cc(O[C@@H]3OC(CO)[C@@H](O)[C@H](O)C3O)c([C@@H]3OC(CO)[C@@H](O)[C@H](O)C3O[C@@H]3OC(CO)[C@@H](O)[C@H](O)C3O)c(O)c12. The monoisotopic (exact) mass is 756 g/mol. The maximum absolute atomic E-state index is 13.6. The van der Waals surface area contributed by atoms with Gasteiger partial charge in [-0.15, -0.1) is 0 Å². The van der Waals surface area contributed by atoms with Gasteiger partial charge in [0.2, 0.25) is 6.29 Å². The lowest BCUT2D eigenvalue weighted by molar-refractivity contribution is -0.342. The first kappa shape index (κ1) is 39.2. The Kier molecular flexibility index (Phi) is 11.6. The Morgan fingerprint density at radius 1 is 0.623 bits per heavy atom. The molecular formula is C33H40O20. The third-order valence-corrected chi connectivity index (χ3v) is 9.53. The normalized spacial score (nSPS) is 37.8. The second kappa shape index (κ2) is 15.7. The van der Waals surface area contributed by atoms with Gasteiger partial charge in [-0.2, -0.15) is 0 Å². The Labute approximate surface area is 298 Å². The molecule has 3 fully saturated rings. The van der Waals surface area contributed by atoms with Crippen LogP contribution < -0.4 is 10.2 Å². The zero-order chi connectivity index (χ0) is 38.5. The summed E-state index contributed by atoms with van der Waals surface area (Å²) < 4.78 is 34.4. The summed E-state index contributed by atoms with van der Waals surface area (Å²) in [5.74, 6) is -1.67. The molecule has 1 aromatic heterocycles. The van der Waals surface area contributed by atoms with Crippen molar-refractivity contribution in [2.45, 2.75) is 91.9 Å². The minimum absolute atomic E-state index is 0.0509. The third-order valence-electron chi connectivity index (χ3n) is 9.53. The number of phenols is 2. The van der Waals surface area contributed by atoms with E-state index in [9.17, 15) is 71.2 Å². The lowest BCUT2D eigenvalue weighted by Crippen LogP contribution is -2.62. The van der Waals surface area contributed by atoms with Gasteiger partial charge >= 0.3 is 0 Å². The molecule has 2 aromatic carbocycles. The molecule has 4 heterocycles. The largest absolute Gasteiger partial charge is 0.508 e. The quantitative estimate of drug-likeness (QED) is 0.0976. The van der Waals surface area contributed by atoms with Crippen LogP contribution in [0.15, 0.2) is 45.6 Å². The van der Waals surface area contributed by atoms with E-state index in [2.05, 4.69) is 0 Å². The summed E-state index contributed by atoms with van der Waals surface area (Å²) >= 11 is 0. The van der Waals surface area contributed by atoms with Gasteiger partial charge in [0.15, 0.2) is 11.7 Å². The van der Waals surface area contributed by atoms with E-state index < -0.39 is 140 Å². The van der Waals surface area contributed by atoms with Crippen LogP contribution in [0.2, 0.25) is 0 Å². The van der Waals surface area contributed by atoms with Crippen molar-refractivity contribution in [3.63, 3.8) is 0 Å². The van der Waals surface area contributed by atoms with Crippen molar-refractivity contribution in [3.8, 4) is 28.6 Å². The summed E-state index contributed by atoms with van der Waals surface area (Å²) in [6, 6.07) is 7.53. The number of phenolic OH excluding ortho intramolecular Hbond substituents is 2. The summed E-state index contributed by atoms with van der Waals surface area (Å²) in [5.41, 5.74) is -1.48. The number of rotatable bonds is 9. The highest BCUT2D eigenvalue weighted by Crippen LogP contribution is 2.47. The van der Waals surface area contributed by atoms with Crippen LogP contribution in [-0.2, 0) is 18.9 Å². The predicted molar refractivity (Wildman–Crippen MR) is 171 cm³/mol. The van der Waals surface area contributed by atoms with E-state index >= 15 is 0 Å². The number of aliphatic hydroxyl groups excluding tert-OH is 11. The molecule has 292 valence electrons. The second-order valence-electron chi connectivity index (χ2n) is 12.9. The molecule has 0 bridgehead atoms. The molecule has 20 nitrogen and oxygen atoms in total. The Hall–Kier alpha value is -3.55. The van der Waals surface area contributed by atoms with E-state index in [-0.39, 0.29) is 17.1 Å². The van der Waals surface area contributed by atoms with Crippen LogP contribution in [-0.4, -0.2) is 172 Å². The molecule has 3 aromatic rings. The van der Waals surface area contributed by atoms with Crippen LogP contribution >= 0.6 is 0 Å². The molecule has 0 radical (unpaired) electrons. The average molecular weight is 757 g/mol. The smallest absolute Gasteiger partial charge is 0.229 e. The Morgan fingerprint density at radius 2 is 1.15 bits per heavy atom. The minimum atomic E-state index is -2.07. The van der Waals surface area contributed by atoms with Crippen LogP contribution in [0.3, 0.4) is 0 Å². The summed E-state index contributed by atoms with van der Waals surface area (Å²) in [6.45, 7) is -2.65. The number of aromatic hydroxyl groups is 2. The zero-order valence-corrected chi connectivity index (χ0v) is 27.4. The van der Waals surface area contributed by atoms with Gasteiger partial charge in [-0.25, -0.2) is 0 Å². The topological polar surface area (TPSA) is 339 Å². The van der Waals surface area contributed by atoms with E-state index in [1.165, 1.54) is 24.3 Å². The summed E-state index contributed by atoms with van der Waals surface area (Å²) in [7, 11) is 0. The number of hydrogen-bond acceptors (Lipinski definition) is 20. The van der Waals surface area contributed by atoms with Gasteiger partial charge in [-0.05, 0) is 24.3 Å². The molecule has 15 atom stereocenters. The van der Waals surface area contributed by atoms with Crippen molar-refractivity contribution in [1.82, 2.24) is 0 Å². The van der Waals surface area contributed by atoms with Crippen LogP contribution in [0.5, 0.6) is 17.2 Å². The molecule has 13 N–H and O–H groups in total. The van der Waals surface area contributed by atoms with Crippen molar-refractivity contribution in [2.24, 2.45) is 0 Å². The molecule has 6 rings (SSSR count). The molecule has 3 aliphatic rings. The van der Waals surface area contributed by atoms with E-state index in [4.69, 9.17) is 28.1 Å². The Morgan fingerprint density at radius 3 is 1.74 bits per heavy atom. The highest BCUT2D eigenvalue weighted by Gasteiger charge is 2.53. The predicted octanol–water partition coefficient (Wildman–Crippen LogP) is -4.61. The van der Waals surface area contributed by atoms with Gasteiger partial charge < -0.3 is 94.5 Å². The Bertz CT molecular complexity index is 1780. The minimum Gasteiger partial charge on any atom is -0.508 e. The highest BCUT2D eigenvalue weighted by molar-refractivity contribution is 5.88. The molecule has 3 aliphatic heterocycles. The number of aliphatic hydroxyl groups is 11. The summed E-state index contributed by atoms with van der Waals surface area (Å²) in [4.78, 5) is 13.6. The molecule has 20 heteroatoms. The first-order valence-electron chi connectivity index (χ1n) is 16.4. The van der Waals surface area contributed by atoms with Gasteiger partial charge in [0.25, 0.3) is 0 Å². The van der Waals surface area contributed by atoms with Crippen molar-refractivity contribution >= 4 is 11.0 Å². The van der Waals surface area contributed by atoms with Gasteiger partial charge in [0.05, 0.1) is 25.4 Å². The van der Waals surface area contributed by atoms with Gasteiger partial charge in [0.1, 0.15) is 113 Å². The molecule has 0 saturated carbocycles. The molecule has 0 aliphatic carbocycles. The van der Waals surface area contributed by atoms with E-state index in [1.54, 1.807) is 0 Å². The van der Waals surface area contributed by atoms with Crippen molar-refractivity contribution in [1.29, 1.82) is 0 Å². The Balaban J connectivity index is 1.52. The standard InChI is InChI=1S/C33H40O20/c34-7-16-23(41)27(45)31(53-33-29(47)26(44)22(40)18(9-36)52-33)30(49-16)20-15(50-32-28(46)25(43)21(39)17(8-35)51-32)6-14-19(24(20)42)12(38)5-13(48-14)10-1-3-11(37)4-2-10/h1-6,16-18,21-23,25-37,39-47H,7-9H2/t16?,17?,18?,21-,22-,23-,25+,26+,27+,28?,29?,30+,31?,32-,33+/m1/s1. The van der Waals surface area contributed by atoms with Gasteiger partial charge in [0, 0.05) is 17.7 Å². The molecule has 53 heavy (non-hydrogen) atoms. The average Bonchev–Trinajstić information content (AvgIpc) is 3.14. The molecule has 0 amide bonds. The lowest BCUT2D eigenvalue weighted by atomic mass is 9.89. The van der Waals surface area contributed by atoms with Crippen molar-refractivity contribution < 1.29 is 94.5 Å². The van der Waals surface area contributed by atoms with Gasteiger partial charge in [-0.1, -0.05) is 0 Å². The summed E-state index contributed by atoms with van der Waals surface area (Å²) in [5, 5.41) is 136. The number of ether oxygens (including phenoxy) is 5. The van der Waals surface area contributed by atoms with E-state index in [0.717, 1.165) is 12.1 Å². The van der Waals surface area contributed by atoms with Crippen LogP contribution in [0.4, 0.5) is 0 Å². The molecule has 3 saturated heterocycles. The fourth-order valence-corrected chi connectivity index (χ4v) is 6.53. The molecule has 0 spiro atoms. The summed E-state index contributed by atoms with van der Waals surface area (Å²) in [6.07, 6.45) is -27.9. The fourth-order valence-electron chi connectivity index (χ4n) is 6.53. The first-order chi connectivity index (χ1) is 25.2. The number of hydrogen-bond donors (Lipinski definition) is 13. The fraction of sp³-hybridized carbons (Fsp3) is 0.545. The number of benzene rings is 2. The highest BCUT2D eigenvalue weighted by atomic mass is 16.7. The number of fused-ring (bicyclic) bond motifs is 1.